The van der Waals surface area contributed by atoms with Gasteiger partial charge in [-0.05, 0) is 60.2 Å². The molecule has 94 valence electrons. The van der Waals surface area contributed by atoms with Crippen molar-refractivity contribution in [1.82, 2.24) is 9.80 Å². The lowest BCUT2D eigenvalue weighted by molar-refractivity contribution is 0.269. The first-order valence-electron chi connectivity index (χ1n) is 6.00. The third-order valence-corrected chi connectivity index (χ3v) is 3.81. The zero-order valence-electron chi connectivity index (χ0n) is 10.1. The lowest BCUT2D eigenvalue weighted by atomic mass is 10.2. The van der Waals surface area contributed by atoms with Gasteiger partial charge in [0.2, 0.25) is 0 Å². The van der Waals surface area contributed by atoms with Crippen molar-refractivity contribution in [3.05, 3.63) is 34.1 Å². The Morgan fingerprint density at radius 1 is 1.24 bits per heavy atom. The molecule has 0 atom stereocenters. The third-order valence-electron chi connectivity index (χ3n) is 3.20. The Balaban J connectivity index is 1.97. The maximum atomic E-state index is 13.1. The van der Waals surface area contributed by atoms with Crippen LogP contribution in [0.2, 0.25) is 0 Å². The summed E-state index contributed by atoms with van der Waals surface area (Å²) < 4.78 is 13.7. The lowest BCUT2D eigenvalue weighted by Crippen LogP contribution is -2.28. The molecular weight excluding hydrogens is 283 g/mol. The van der Waals surface area contributed by atoms with Crippen molar-refractivity contribution < 1.29 is 4.39 Å². The van der Waals surface area contributed by atoms with Crippen LogP contribution < -0.4 is 0 Å². The highest BCUT2D eigenvalue weighted by molar-refractivity contribution is 9.10. The van der Waals surface area contributed by atoms with Crippen molar-refractivity contribution in [1.29, 1.82) is 0 Å². The number of benzene rings is 1. The van der Waals surface area contributed by atoms with E-state index in [1.807, 2.05) is 12.1 Å². The van der Waals surface area contributed by atoms with Crippen LogP contribution in [0.4, 0.5) is 4.39 Å². The zero-order valence-corrected chi connectivity index (χ0v) is 11.7. The average molecular weight is 301 g/mol. The van der Waals surface area contributed by atoms with E-state index in [2.05, 4.69) is 32.8 Å². The van der Waals surface area contributed by atoms with Gasteiger partial charge in [0.1, 0.15) is 5.82 Å². The second kappa shape index (κ2) is 5.94. The van der Waals surface area contributed by atoms with E-state index < -0.39 is 0 Å². The first-order chi connectivity index (χ1) is 8.15. The fraction of sp³-hybridized carbons (Fsp3) is 0.538. The van der Waals surface area contributed by atoms with E-state index in [-0.39, 0.29) is 5.82 Å². The standard InChI is InChI=1S/C13H18BrFN2/c1-16-5-2-6-17(8-7-16)10-11-3-4-13(15)12(14)9-11/h3-4,9H,2,5-8,10H2,1H3. The van der Waals surface area contributed by atoms with Crippen LogP contribution in [0.15, 0.2) is 22.7 Å². The highest BCUT2D eigenvalue weighted by atomic mass is 79.9. The number of nitrogens with zero attached hydrogens (tertiary/aromatic N) is 2. The second-order valence-electron chi connectivity index (χ2n) is 4.68. The quantitative estimate of drug-likeness (QED) is 0.829. The molecule has 0 radical (unpaired) electrons. The highest BCUT2D eigenvalue weighted by Crippen LogP contribution is 2.18. The molecule has 0 bridgehead atoms. The summed E-state index contributed by atoms with van der Waals surface area (Å²) in [5.74, 6) is -0.190. The smallest absolute Gasteiger partial charge is 0.137 e. The van der Waals surface area contributed by atoms with Crippen LogP contribution in [-0.4, -0.2) is 43.0 Å². The Morgan fingerprint density at radius 2 is 2.06 bits per heavy atom. The van der Waals surface area contributed by atoms with E-state index in [1.54, 1.807) is 0 Å². The van der Waals surface area contributed by atoms with Crippen LogP contribution in [0.3, 0.4) is 0 Å². The summed E-state index contributed by atoms with van der Waals surface area (Å²) in [5, 5.41) is 0. The summed E-state index contributed by atoms with van der Waals surface area (Å²) in [6.07, 6.45) is 1.21. The van der Waals surface area contributed by atoms with Gasteiger partial charge in [-0.3, -0.25) is 4.90 Å². The van der Waals surface area contributed by atoms with E-state index in [0.29, 0.717) is 4.47 Å². The average Bonchev–Trinajstić information content (AvgIpc) is 2.49. The minimum atomic E-state index is -0.190. The van der Waals surface area contributed by atoms with Gasteiger partial charge in [-0.25, -0.2) is 4.39 Å². The second-order valence-corrected chi connectivity index (χ2v) is 5.54. The number of hydrogen-bond acceptors (Lipinski definition) is 2. The molecule has 0 unspecified atom stereocenters. The molecule has 1 aliphatic rings. The lowest BCUT2D eigenvalue weighted by Gasteiger charge is -2.20. The first-order valence-corrected chi connectivity index (χ1v) is 6.79. The minimum absolute atomic E-state index is 0.190. The third kappa shape index (κ3) is 3.76. The minimum Gasteiger partial charge on any atom is -0.305 e. The van der Waals surface area contributed by atoms with Gasteiger partial charge in [0.15, 0.2) is 0 Å². The van der Waals surface area contributed by atoms with E-state index in [9.17, 15) is 4.39 Å². The number of likely N-dealkylation sites (N-methyl/N-ethyl adjacent to an activating group) is 1. The summed E-state index contributed by atoms with van der Waals surface area (Å²) in [5.41, 5.74) is 1.17. The maximum Gasteiger partial charge on any atom is 0.137 e. The van der Waals surface area contributed by atoms with Gasteiger partial charge in [-0.1, -0.05) is 6.07 Å². The SMILES string of the molecule is CN1CCCN(Cc2ccc(F)c(Br)c2)CC1. The van der Waals surface area contributed by atoms with Crippen molar-refractivity contribution in [2.45, 2.75) is 13.0 Å². The Morgan fingerprint density at radius 3 is 2.82 bits per heavy atom. The summed E-state index contributed by atoms with van der Waals surface area (Å²) in [7, 11) is 2.16. The number of hydrogen-bond donors (Lipinski definition) is 0. The Kier molecular flexibility index (Phi) is 4.54. The molecule has 0 spiro atoms. The van der Waals surface area contributed by atoms with Crippen molar-refractivity contribution in [3.63, 3.8) is 0 Å². The molecule has 1 saturated heterocycles. The van der Waals surface area contributed by atoms with Gasteiger partial charge in [-0.15, -0.1) is 0 Å². The number of halogens is 2. The topological polar surface area (TPSA) is 6.48 Å². The van der Waals surface area contributed by atoms with Crippen LogP contribution in [-0.2, 0) is 6.54 Å². The zero-order chi connectivity index (χ0) is 12.3. The van der Waals surface area contributed by atoms with Gasteiger partial charge in [0.25, 0.3) is 0 Å². The fourth-order valence-electron chi connectivity index (χ4n) is 2.15. The Hall–Kier alpha value is -0.450. The molecule has 0 N–H and O–H groups in total. The predicted molar refractivity (Wildman–Crippen MR) is 71.5 cm³/mol. The summed E-state index contributed by atoms with van der Waals surface area (Å²) in [4.78, 5) is 4.80. The molecule has 0 aromatic heterocycles. The molecule has 1 aliphatic heterocycles. The largest absolute Gasteiger partial charge is 0.305 e. The van der Waals surface area contributed by atoms with Crippen LogP contribution in [0.5, 0.6) is 0 Å². The molecule has 0 aliphatic carbocycles. The molecular formula is C13H18BrFN2. The fourth-order valence-corrected chi connectivity index (χ4v) is 2.58. The summed E-state index contributed by atoms with van der Waals surface area (Å²) >= 11 is 3.23. The predicted octanol–water partition coefficient (Wildman–Crippen LogP) is 2.73. The van der Waals surface area contributed by atoms with E-state index in [1.165, 1.54) is 24.6 Å². The Bertz CT molecular complexity index is 384. The molecule has 1 fully saturated rings. The van der Waals surface area contributed by atoms with Crippen molar-refractivity contribution in [2.24, 2.45) is 0 Å². The van der Waals surface area contributed by atoms with E-state index in [4.69, 9.17) is 0 Å². The first kappa shape index (κ1) is 13.0. The molecule has 0 saturated carbocycles. The molecule has 1 heterocycles. The van der Waals surface area contributed by atoms with Crippen LogP contribution >= 0.6 is 15.9 Å². The van der Waals surface area contributed by atoms with Gasteiger partial charge >= 0.3 is 0 Å². The summed E-state index contributed by atoms with van der Waals surface area (Å²) in [6.45, 7) is 5.41. The van der Waals surface area contributed by atoms with Gasteiger partial charge in [-0.2, -0.15) is 0 Å². The van der Waals surface area contributed by atoms with Crippen LogP contribution in [0.25, 0.3) is 0 Å². The Labute approximate surface area is 111 Å². The van der Waals surface area contributed by atoms with Gasteiger partial charge < -0.3 is 4.90 Å². The molecule has 2 rings (SSSR count). The molecule has 2 nitrogen and oxygen atoms in total. The monoisotopic (exact) mass is 300 g/mol. The van der Waals surface area contributed by atoms with Crippen molar-refractivity contribution in [2.75, 3.05) is 33.2 Å². The molecule has 1 aromatic carbocycles. The van der Waals surface area contributed by atoms with E-state index in [0.717, 1.165) is 26.2 Å². The molecule has 17 heavy (non-hydrogen) atoms. The maximum absolute atomic E-state index is 13.1. The van der Waals surface area contributed by atoms with Crippen LogP contribution in [0.1, 0.15) is 12.0 Å². The summed E-state index contributed by atoms with van der Waals surface area (Å²) in [6, 6.07) is 5.28. The van der Waals surface area contributed by atoms with Gasteiger partial charge in [0.05, 0.1) is 4.47 Å². The van der Waals surface area contributed by atoms with Gasteiger partial charge in [0, 0.05) is 19.6 Å². The van der Waals surface area contributed by atoms with Crippen molar-refractivity contribution in [3.8, 4) is 0 Å². The molecule has 4 heteroatoms. The molecule has 0 amide bonds. The van der Waals surface area contributed by atoms with Crippen LogP contribution in [0, 0.1) is 5.82 Å². The normalized spacial score (nSPS) is 19.2. The van der Waals surface area contributed by atoms with E-state index >= 15 is 0 Å². The number of rotatable bonds is 2. The highest BCUT2D eigenvalue weighted by Gasteiger charge is 2.12. The van der Waals surface area contributed by atoms with Crippen molar-refractivity contribution >= 4 is 15.9 Å². The molecule has 1 aromatic rings.